The number of benzene rings is 2. The number of hydrogen-bond donors (Lipinski definition) is 0. The molecule has 0 bridgehead atoms. The molecule has 2 aromatic carbocycles. The lowest BCUT2D eigenvalue weighted by Gasteiger charge is -1.99. The predicted octanol–water partition coefficient (Wildman–Crippen LogP) is 4.39. The van der Waals surface area contributed by atoms with E-state index in [0.717, 1.165) is 0 Å². The Morgan fingerprint density at radius 2 is 1.95 bits per heavy atom. The summed E-state index contributed by atoms with van der Waals surface area (Å²) in [5, 5.41) is 10.8. The van der Waals surface area contributed by atoms with Gasteiger partial charge in [0.1, 0.15) is 5.82 Å². The Balaban J connectivity index is 2.26. The molecule has 106 valence electrons. The van der Waals surface area contributed by atoms with Gasteiger partial charge in [0.25, 0.3) is 5.69 Å². The Morgan fingerprint density at radius 3 is 2.62 bits per heavy atom. The highest BCUT2D eigenvalue weighted by Crippen LogP contribution is 2.26. The summed E-state index contributed by atoms with van der Waals surface area (Å²) in [4.78, 5) is 22.1. The number of carbonyl (C=O) groups excluding carboxylic acids is 1. The summed E-state index contributed by atoms with van der Waals surface area (Å²) in [5.41, 5.74) is 0.338. The van der Waals surface area contributed by atoms with Crippen LogP contribution in [0.3, 0.4) is 0 Å². The number of hydrogen-bond acceptors (Lipinski definition) is 3. The first-order valence-electron chi connectivity index (χ1n) is 5.90. The fraction of sp³-hybridized carbons (Fsp3) is 0. The van der Waals surface area contributed by atoms with Gasteiger partial charge in [-0.05, 0) is 45.8 Å². The third-order valence-electron chi connectivity index (χ3n) is 2.73. The minimum absolute atomic E-state index is 0.0413. The molecule has 0 aliphatic rings. The molecule has 0 aliphatic heterocycles. The third-order valence-corrected chi connectivity index (χ3v) is 3.40. The van der Waals surface area contributed by atoms with Crippen LogP contribution in [0.4, 0.5) is 10.1 Å². The summed E-state index contributed by atoms with van der Waals surface area (Å²) in [6.07, 6.45) is 2.60. The van der Waals surface area contributed by atoms with Crippen molar-refractivity contribution in [3.63, 3.8) is 0 Å². The van der Waals surface area contributed by atoms with Gasteiger partial charge >= 0.3 is 0 Å². The maximum Gasteiger partial charge on any atom is 0.284 e. The van der Waals surface area contributed by atoms with E-state index >= 15 is 0 Å². The molecule has 0 unspecified atom stereocenters. The Morgan fingerprint density at radius 1 is 1.24 bits per heavy atom. The van der Waals surface area contributed by atoms with Gasteiger partial charge in [-0.3, -0.25) is 14.9 Å². The zero-order valence-electron chi connectivity index (χ0n) is 10.6. The van der Waals surface area contributed by atoms with Crippen molar-refractivity contribution in [2.75, 3.05) is 0 Å². The van der Waals surface area contributed by atoms with Crippen molar-refractivity contribution in [2.24, 2.45) is 0 Å². The highest BCUT2D eigenvalue weighted by Gasteiger charge is 2.12. The van der Waals surface area contributed by atoms with Gasteiger partial charge < -0.3 is 0 Å². The van der Waals surface area contributed by atoms with E-state index in [1.807, 2.05) is 0 Å². The normalized spacial score (nSPS) is 10.8. The number of halogens is 2. The number of carbonyl (C=O) groups is 1. The maximum absolute atomic E-state index is 13.4. The molecular weight excluding hydrogens is 341 g/mol. The molecule has 4 nitrogen and oxygen atoms in total. The van der Waals surface area contributed by atoms with Gasteiger partial charge in [-0.15, -0.1) is 0 Å². The molecule has 0 saturated heterocycles. The minimum Gasteiger partial charge on any atom is -0.289 e. The molecule has 0 spiro atoms. The first kappa shape index (κ1) is 15.1. The van der Waals surface area contributed by atoms with Crippen LogP contribution in [0.1, 0.15) is 15.9 Å². The highest BCUT2D eigenvalue weighted by molar-refractivity contribution is 9.10. The highest BCUT2D eigenvalue weighted by atomic mass is 79.9. The smallest absolute Gasteiger partial charge is 0.284 e. The van der Waals surface area contributed by atoms with Crippen molar-refractivity contribution in [1.29, 1.82) is 0 Å². The second-order valence-electron chi connectivity index (χ2n) is 4.15. The molecule has 0 aromatic heterocycles. The van der Waals surface area contributed by atoms with Crippen LogP contribution in [0, 0.1) is 15.9 Å². The van der Waals surface area contributed by atoms with E-state index in [0.29, 0.717) is 10.0 Å². The lowest BCUT2D eigenvalue weighted by Crippen LogP contribution is -1.97. The van der Waals surface area contributed by atoms with Crippen molar-refractivity contribution >= 4 is 33.5 Å². The maximum atomic E-state index is 13.4. The predicted molar refractivity (Wildman–Crippen MR) is 80.6 cm³/mol. The fourth-order valence-electron chi connectivity index (χ4n) is 1.70. The Hall–Kier alpha value is -2.34. The zero-order valence-corrected chi connectivity index (χ0v) is 12.2. The van der Waals surface area contributed by atoms with Crippen molar-refractivity contribution in [2.45, 2.75) is 0 Å². The molecule has 0 heterocycles. The van der Waals surface area contributed by atoms with Gasteiger partial charge in [0.2, 0.25) is 0 Å². The average Bonchev–Trinajstić information content (AvgIpc) is 2.46. The number of nitrogens with zero attached hydrogens (tertiary/aromatic N) is 1. The van der Waals surface area contributed by atoms with E-state index < -0.39 is 16.5 Å². The Bertz CT molecular complexity index is 743. The monoisotopic (exact) mass is 349 g/mol. The summed E-state index contributed by atoms with van der Waals surface area (Å²) in [6.45, 7) is 0. The SMILES string of the molecule is O=C(/C=C/c1ccc(Br)c([N+](=O)[O-])c1)c1ccccc1F. The lowest BCUT2D eigenvalue weighted by atomic mass is 10.1. The minimum atomic E-state index is -0.603. The molecule has 0 fully saturated rings. The van der Waals surface area contributed by atoms with E-state index in [1.165, 1.54) is 42.5 Å². The quantitative estimate of drug-likeness (QED) is 0.356. The molecule has 21 heavy (non-hydrogen) atoms. The molecular formula is C15H9BrFNO3. The number of nitro groups is 1. The first-order valence-corrected chi connectivity index (χ1v) is 6.69. The third kappa shape index (κ3) is 3.61. The van der Waals surface area contributed by atoms with E-state index in [-0.39, 0.29) is 11.3 Å². The molecule has 0 radical (unpaired) electrons. The summed E-state index contributed by atoms with van der Waals surface area (Å²) in [7, 11) is 0. The van der Waals surface area contributed by atoms with Gasteiger partial charge in [-0.25, -0.2) is 4.39 Å². The molecule has 0 atom stereocenters. The van der Waals surface area contributed by atoms with Crippen LogP contribution in [0.5, 0.6) is 0 Å². The molecule has 2 aromatic rings. The van der Waals surface area contributed by atoms with Crippen molar-refractivity contribution < 1.29 is 14.1 Å². The second-order valence-corrected chi connectivity index (χ2v) is 5.00. The van der Waals surface area contributed by atoms with Crippen LogP contribution >= 0.6 is 15.9 Å². The summed E-state index contributed by atoms with van der Waals surface area (Å²) in [6, 6.07) is 10.1. The lowest BCUT2D eigenvalue weighted by molar-refractivity contribution is -0.385. The molecule has 2 rings (SSSR count). The number of nitro benzene ring substituents is 1. The van der Waals surface area contributed by atoms with Crippen molar-refractivity contribution in [3.8, 4) is 0 Å². The van der Waals surface area contributed by atoms with E-state index in [9.17, 15) is 19.3 Å². The Labute approximate surface area is 128 Å². The number of rotatable bonds is 4. The standard InChI is InChI=1S/C15H9BrFNO3/c16-12-7-5-10(9-14(12)18(20)21)6-8-15(19)11-3-1-2-4-13(11)17/h1-9H/b8-6+. The van der Waals surface area contributed by atoms with E-state index in [2.05, 4.69) is 15.9 Å². The van der Waals surface area contributed by atoms with Crippen LogP contribution in [-0.4, -0.2) is 10.7 Å². The summed E-state index contributed by atoms with van der Waals surface area (Å²) in [5.74, 6) is -1.10. The van der Waals surface area contributed by atoms with Gasteiger partial charge in [-0.2, -0.15) is 0 Å². The Kier molecular flexibility index (Phi) is 4.59. The summed E-state index contributed by atoms with van der Waals surface area (Å²) >= 11 is 3.08. The fourth-order valence-corrected chi connectivity index (χ4v) is 2.09. The van der Waals surface area contributed by atoms with Crippen LogP contribution in [-0.2, 0) is 0 Å². The second kappa shape index (κ2) is 6.41. The van der Waals surface area contributed by atoms with Crippen LogP contribution in [0.15, 0.2) is 53.0 Å². The molecule has 0 amide bonds. The summed E-state index contributed by atoms with van der Waals surface area (Å²) < 4.78 is 13.8. The number of allylic oxidation sites excluding steroid dienone is 1. The van der Waals surface area contributed by atoms with E-state index in [4.69, 9.17) is 0 Å². The van der Waals surface area contributed by atoms with E-state index in [1.54, 1.807) is 12.1 Å². The zero-order chi connectivity index (χ0) is 15.4. The molecule has 0 saturated carbocycles. The van der Waals surface area contributed by atoms with Crippen LogP contribution in [0.25, 0.3) is 6.08 Å². The number of ketones is 1. The van der Waals surface area contributed by atoms with Gasteiger partial charge in [-0.1, -0.05) is 24.3 Å². The molecule has 6 heteroatoms. The average molecular weight is 350 g/mol. The van der Waals surface area contributed by atoms with Crippen molar-refractivity contribution in [3.05, 3.63) is 80.1 Å². The molecule has 0 aliphatic carbocycles. The topological polar surface area (TPSA) is 60.2 Å². The van der Waals surface area contributed by atoms with Gasteiger partial charge in [0, 0.05) is 6.07 Å². The van der Waals surface area contributed by atoms with Gasteiger partial charge in [0.05, 0.1) is 15.0 Å². The first-order chi connectivity index (χ1) is 9.99. The largest absolute Gasteiger partial charge is 0.289 e. The van der Waals surface area contributed by atoms with Crippen LogP contribution in [0.2, 0.25) is 0 Å². The molecule has 0 N–H and O–H groups in total. The van der Waals surface area contributed by atoms with Crippen LogP contribution < -0.4 is 0 Å². The van der Waals surface area contributed by atoms with Crippen molar-refractivity contribution in [1.82, 2.24) is 0 Å². The van der Waals surface area contributed by atoms with Gasteiger partial charge in [0.15, 0.2) is 5.78 Å².